The standard InChI is InChI=1S/C15H24N2O/c1-11-6-8-14(9-7-11)13(3)17(5)15(18)12(2)10-16-4/h6-9,12-13,16H,10H2,1-5H3. The molecule has 0 aromatic heterocycles. The highest BCUT2D eigenvalue weighted by molar-refractivity contribution is 5.78. The topological polar surface area (TPSA) is 32.3 Å². The van der Waals surface area contributed by atoms with Gasteiger partial charge in [0.1, 0.15) is 0 Å². The molecule has 3 heteroatoms. The van der Waals surface area contributed by atoms with Crippen molar-refractivity contribution in [1.29, 1.82) is 0 Å². The molecule has 1 rings (SSSR count). The highest BCUT2D eigenvalue weighted by atomic mass is 16.2. The quantitative estimate of drug-likeness (QED) is 0.867. The first kappa shape index (κ1) is 14.7. The molecule has 0 bridgehead atoms. The van der Waals surface area contributed by atoms with Crippen molar-refractivity contribution >= 4 is 5.91 Å². The lowest BCUT2D eigenvalue weighted by Gasteiger charge is -2.28. The van der Waals surface area contributed by atoms with E-state index in [4.69, 9.17) is 0 Å². The number of amides is 1. The Kier molecular flexibility index (Phi) is 5.35. The second-order valence-corrected chi connectivity index (χ2v) is 4.99. The van der Waals surface area contributed by atoms with E-state index in [-0.39, 0.29) is 17.9 Å². The monoisotopic (exact) mass is 248 g/mol. The number of carbonyl (C=O) groups is 1. The summed E-state index contributed by atoms with van der Waals surface area (Å²) >= 11 is 0. The smallest absolute Gasteiger partial charge is 0.226 e. The van der Waals surface area contributed by atoms with Crippen LogP contribution in [0.1, 0.15) is 31.0 Å². The molecule has 3 nitrogen and oxygen atoms in total. The van der Waals surface area contributed by atoms with Gasteiger partial charge in [0.2, 0.25) is 5.91 Å². The van der Waals surface area contributed by atoms with E-state index in [9.17, 15) is 4.79 Å². The van der Waals surface area contributed by atoms with E-state index >= 15 is 0 Å². The van der Waals surface area contributed by atoms with Gasteiger partial charge in [0, 0.05) is 19.5 Å². The minimum Gasteiger partial charge on any atom is -0.339 e. The van der Waals surface area contributed by atoms with Crippen molar-refractivity contribution in [1.82, 2.24) is 10.2 Å². The van der Waals surface area contributed by atoms with Crippen LogP contribution in [0.15, 0.2) is 24.3 Å². The van der Waals surface area contributed by atoms with Gasteiger partial charge in [0.05, 0.1) is 6.04 Å². The van der Waals surface area contributed by atoms with Gasteiger partial charge in [-0.3, -0.25) is 4.79 Å². The molecule has 0 fully saturated rings. The summed E-state index contributed by atoms with van der Waals surface area (Å²) < 4.78 is 0. The highest BCUT2D eigenvalue weighted by Gasteiger charge is 2.21. The number of nitrogens with zero attached hydrogens (tertiary/aromatic N) is 1. The Hall–Kier alpha value is -1.35. The van der Waals surface area contributed by atoms with Crippen LogP contribution in [0.4, 0.5) is 0 Å². The van der Waals surface area contributed by atoms with Crippen molar-refractivity contribution in [3.63, 3.8) is 0 Å². The summed E-state index contributed by atoms with van der Waals surface area (Å²) in [5, 5.41) is 3.04. The van der Waals surface area contributed by atoms with E-state index in [0.29, 0.717) is 6.54 Å². The molecule has 0 aliphatic heterocycles. The van der Waals surface area contributed by atoms with Crippen LogP contribution in [-0.2, 0) is 4.79 Å². The maximum absolute atomic E-state index is 12.2. The molecule has 100 valence electrons. The van der Waals surface area contributed by atoms with Crippen LogP contribution in [0.3, 0.4) is 0 Å². The maximum Gasteiger partial charge on any atom is 0.226 e. The predicted molar refractivity (Wildman–Crippen MR) is 75.5 cm³/mol. The Balaban J connectivity index is 2.74. The summed E-state index contributed by atoms with van der Waals surface area (Å²) in [7, 11) is 3.74. The van der Waals surface area contributed by atoms with Crippen LogP contribution < -0.4 is 5.32 Å². The molecule has 1 aromatic carbocycles. The summed E-state index contributed by atoms with van der Waals surface area (Å²) in [6, 6.07) is 8.46. The van der Waals surface area contributed by atoms with Crippen molar-refractivity contribution in [3.05, 3.63) is 35.4 Å². The van der Waals surface area contributed by atoms with E-state index in [2.05, 4.69) is 43.4 Å². The number of hydrogen-bond acceptors (Lipinski definition) is 2. The molecule has 0 radical (unpaired) electrons. The fourth-order valence-corrected chi connectivity index (χ4v) is 2.00. The van der Waals surface area contributed by atoms with Gasteiger partial charge in [-0.25, -0.2) is 0 Å². The maximum atomic E-state index is 12.2. The number of aryl methyl sites for hydroxylation is 1. The molecule has 2 atom stereocenters. The van der Waals surface area contributed by atoms with Crippen LogP contribution >= 0.6 is 0 Å². The number of benzene rings is 1. The van der Waals surface area contributed by atoms with Gasteiger partial charge in [0.15, 0.2) is 0 Å². The molecule has 1 amide bonds. The normalized spacial score (nSPS) is 14.1. The van der Waals surface area contributed by atoms with Crippen LogP contribution in [0.25, 0.3) is 0 Å². The average molecular weight is 248 g/mol. The third-order valence-corrected chi connectivity index (χ3v) is 3.42. The summed E-state index contributed by atoms with van der Waals surface area (Å²) in [4.78, 5) is 14.0. The summed E-state index contributed by atoms with van der Waals surface area (Å²) in [5.74, 6) is 0.185. The molecule has 18 heavy (non-hydrogen) atoms. The number of carbonyl (C=O) groups excluding carboxylic acids is 1. The van der Waals surface area contributed by atoms with E-state index in [1.54, 1.807) is 0 Å². The SMILES string of the molecule is CNCC(C)C(=O)N(C)C(C)c1ccc(C)cc1. The molecule has 0 saturated carbocycles. The Morgan fingerprint density at radius 1 is 1.28 bits per heavy atom. The molecule has 0 aliphatic rings. The van der Waals surface area contributed by atoms with Gasteiger partial charge < -0.3 is 10.2 Å². The zero-order chi connectivity index (χ0) is 13.7. The van der Waals surface area contributed by atoms with E-state index in [1.165, 1.54) is 11.1 Å². The summed E-state index contributed by atoms with van der Waals surface area (Å²) in [6.07, 6.45) is 0. The zero-order valence-corrected chi connectivity index (χ0v) is 12.0. The van der Waals surface area contributed by atoms with Crippen LogP contribution in [0.2, 0.25) is 0 Å². The Labute approximate surface area is 110 Å². The number of rotatable bonds is 5. The molecule has 2 unspecified atom stereocenters. The molecule has 0 spiro atoms. The fraction of sp³-hybridized carbons (Fsp3) is 0.533. The van der Waals surface area contributed by atoms with Gasteiger partial charge in [-0.15, -0.1) is 0 Å². The molecule has 1 aromatic rings. The first-order chi connectivity index (χ1) is 8.47. The lowest BCUT2D eigenvalue weighted by molar-refractivity contribution is -0.135. The van der Waals surface area contributed by atoms with Crippen molar-refractivity contribution in [3.8, 4) is 0 Å². The van der Waals surface area contributed by atoms with Crippen LogP contribution in [0.5, 0.6) is 0 Å². The largest absolute Gasteiger partial charge is 0.339 e. The highest BCUT2D eigenvalue weighted by Crippen LogP contribution is 2.20. The van der Waals surface area contributed by atoms with Crippen LogP contribution in [0, 0.1) is 12.8 Å². The molecule has 1 N–H and O–H groups in total. The minimum absolute atomic E-state index is 0.00731. The van der Waals surface area contributed by atoms with Crippen molar-refractivity contribution in [2.24, 2.45) is 5.92 Å². The van der Waals surface area contributed by atoms with Crippen molar-refractivity contribution in [2.45, 2.75) is 26.8 Å². The minimum atomic E-state index is 0.00731. The van der Waals surface area contributed by atoms with Gasteiger partial charge >= 0.3 is 0 Å². The predicted octanol–water partition coefficient (Wildman–Crippen LogP) is 2.37. The second kappa shape index (κ2) is 6.55. The Bertz CT molecular complexity index is 386. The van der Waals surface area contributed by atoms with E-state index in [1.807, 2.05) is 25.9 Å². The van der Waals surface area contributed by atoms with Gasteiger partial charge in [0.25, 0.3) is 0 Å². The Morgan fingerprint density at radius 3 is 2.33 bits per heavy atom. The first-order valence-corrected chi connectivity index (χ1v) is 6.45. The Morgan fingerprint density at radius 2 is 1.83 bits per heavy atom. The third kappa shape index (κ3) is 3.57. The van der Waals surface area contributed by atoms with Gasteiger partial charge in [-0.05, 0) is 26.5 Å². The van der Waals surface area contributed by atoms with Crippen molar-refractivity contribution in [2.75, 3.05) is 20.6 Å². The molecular formula is C15H24N2O. The molecular weight excluding hydrogens is 224 g/mol. The molecule has 0 heterocycles. The van der Waals surface area contributed by atoms with Crippen molar-refractivity contribution < 1.29 is 4.79 Å². The van der Waals surface area contributed by atoms with Gasteiger partial charge in [-0.2, -0.15) is 0 Å². The zero-order valence-electron chi connectivity index (χ0n) is 12.0. The summed E-state index contributed by atoms with van der Waals surface area (Å²) in [6.45, 7) is 6.80. The third-order valence-electron chi connectivity index (χ3n) is 3.42. The van der Waals surface area contributed by atoms with E-state index < -0.39 is 0 Å². The number of hydrogen-bond donors (Lipinski definition) is 1. The summed E-state index contributed by atoms with van der Waals surface area (Å²) in [5.41, 5.74) is 2.41. The molecule has 0 aliphatic carbocycles. The molecule has 0 saturated heterocycles. The number of nitrogens with one attached hydrogen (secondary N) is 1. The van der Waals surface area contributed by atoms with E-state index in [0.717, 1.165) is 0 Å². The lowest BCUT2D eigenvalue weighted by Crippen LogP contribution is -2.37. The van der Waals surface area contributed by atoms with Crippen LogP contribution in [-0.4, -0.2) is 31.4 Å². The fourth-order valence-electron chi connectivity index (χ4n) is 2.00. The second-order valence-electron chi connectivity index (χ2n) is 4.99. The lowest BCUT2D eigenvalue weighted by atomic mass is 10.0. The average Bonchev–Trinajstić information content (AvgIpc) is 2.37. The first-order valence-electron chi connectivity index (χ1n) is 6.45. The van der Waals surface area contributed by atoms with Gasteiger partial charge in [-0.1, -0.05) is 36.8 Å².